The number of benzene rings is 1. The van der Waals surface area contributed by atoms with Crippen LogP contribution in [0.5, 0.6) is 0 Å². The fourth-order valence-corrected chi connectivity index (χ4v) is 5.17. The van der Waals surface area contributed by atoms with E-state index >= 15 is 0 Å². The number of halogens is 2. The number of aromatic amines is 1. The molecule has 1 aliphatic heterocycles. The van der Waals surface area contributed by atoms with Crippen molar-refractivity contribution >= 4 is 57.7 Å². The number of amides is 4. The summed E-state index contributed by atoms with van der Waals surface area (Å²) in [6.45, 7) is 3.80. The molecule has 2 aromatic rings. The van der Waals surface area contributed by atoms with Crippen LogP contribution >= 0.6 is 23.2 Å². The molecule has 2 aliphatic rings. The maximum absolute atomic E-state index is 13.2. The van der Waals surface area contributed by atoms with Gasteiger partial charge in [0.05, 0.1) is 5.02 Å². The van der Waals surface area contributed by atoms with E-state index in [1.54, 1.807) is 18.2 Å². The van der Waals surface area contributed by atoms with Crippen molar-refractivity contribution in [2.75, 3.05) is 0 Å². The van der Waals surface area contributed by atoms with Crippen LogP contribution in [0.2, 0.25) is 10.0 Å². The van der Waals surface area contributed by atoms with Gasteiger partial charge in [-0.25, -0.2) is 0 Å². The van der Waals surface area contributed by atoms with Crippen LogP contribution in [0, 0.1) is 11.8 Å². The van der Waals surface area contributed by atoms with Gasteiger partial charge >= 0.3 is 0 Å². The number of carbonyl (C=O) groups excluding carboxylic acids is 4. The van der Waals surface area contributed by atoms with Crippen molar-refractivity contribution in [3.63, 3.8) is 0 Å². The minimum atomic E-state index is -1.03. The molecule has 3 unspecified atom stereocenters. The first-order valence-electron chi connectivity index (χ1n) is 11.6. The van der Waals surface area contributed by atoms with Crippen molar-refractivity contribution in [3.05, 3.63) is 33.9 Å². The van der Waals surface area contributed by atoms with Crippen LogP contribution in [0.3, 0.4) is 0 Å². The lowest BCUT2D eigenvalue weighted by Gasteiger charge is -2.23. The summed E-state index contributed by atoms with van der Waals surface area (Å²) in [5.74, 6) is -2.02. The van der Waals surface area contributed by atoms with Crippen molar-refractivity contribution in [2.24, 2.45) is 17.6 Å². The number of H-pyrrole nitrogens is 1. The molecule has 9 nitrogen and oxygen atoms in total. The molecule has 4 amide bonds. The second-order valence-electron chi connectivity index (χ2n) is 10.2. The molecule has 188 valence electrons. The summed E-state index contributed by atoms with van der Waals surface area (Å²) in [7, 11) is 0. The zero-order valence-corrected chi connectivity index (χ0v) is 21.1. The average molecular weight is 522 g/mol. The number of fused-ring (bicyclic) bond motifs is 1. The molecule has 1 saturated carbocycles. The molecule has 4 rings (SSSR count). The van der Waals surface area contributed by atoms with Gasteiger partial charge in [0, 0.05) is 27.4 Å². The number of carbonyl (C=O) groups is 4. The monoisotopic (exact) mass is 521 g/mol. The smallest absolute Gasteiger partial charge is 0.268 e. The first kappa shape index (κ1) is 25.3. The van der Waals surface area contributed by atoms with Gasteiger partial charge in [0.25, 0.3) is 5.91 Å². The van der Waals surface area contributed by atoms with Crippen LogP contribution in [-0.4, -0.2) is 46.2 Å². The number of rotatable bonds is 9. The van der Waals surface area contributed by atoms with Crippen LogP contribution in [-0.2, 0) is 14.4 Å². The average Bonchev–Trinajstić information content (AvgIpc) is 3.39. The second kappa shape index (κ2) is 9.70. The first-order valence-corrected chi connectivity index (χ1v) is 12.4. The van der Waals surface area contributed by atoms with Crippen molar-refractivity contribution in [1.82, 2.24) is 20.9 Å². The molecule has 0 spiro atoms. The molecule has 2 fully saturated rings. The lowest BCUT2D eigenvalue weighted by atomic mass is 9.91. The lowest BCUT2D eigenvalue weighted by molar-refractivity contribution is -0.130. The van der Waals surface area contributed by atoms with Gasteiger partial charge in [0.2, 0.25) is 17.7 Å². The van der Waals surface area contributed by atoms with E-state index < -0.39 is 35.7 Å². The van der Waals surface area contributed by atoms with Crippen molar-refractivity contribution in [3.8, 4) is 0 Å². The SMILES string of the molecule is CC1(C)CC(CC(NC(=O)C(CC2CC2)NC(=O)c2cc3c(Cl)cc(Cl)cc3[nH]2)C(N)=O)C(=O)N1. The highest BCUT2D eigenvalue weighted by Crippen LogP contribution is 2.34. The van der Waals surface area contributed by atoms with Crippen molar-refractivity contribution in [2.45, 2.75) is 63.6 Å². The molecule has 6 N–H and O–H groups in total. The van der Waals surface area contributed by atoms with E-state index in [2.05, 4.69) is 20.9 Å². The maximum Gasteiger partial charge on any atom is 0.268 e. The molecular weight excluding hydrogens is 493 g/mol. The summed E-state index contributed by atoms with van der Waals surface area (Å²) in [5, 5.41) is 9.78. The summed E-state index contributed by atoms with van der Waals surface area (Å²) in [6, 6.07) is 2.95. The fourth-order valence-electron chi connectivity index (χ4n) is 4.63. The summed E-state index contributed by atoms with van der Waals surface area (Å²) >= 11 is 12.3. The standard InChI is InChI=1S/C24H29Cl2N5O4/c1-24(2)10-12(21(33)31-24)6-17(20(27)32)29-22(34)18(5-11-3-4-11)30-23(35)19-9-14-15(26)7-13(25)8-16(14)28-19/h7-9,11-12,17-18,28H,3-6,10H2,1-2H3,(H2,27,32)(H,29,34)(H,30,35)(H,31,33). The normalized spacial score (nSPS) is 20.8. The Kier molecular flexibility index (Phi) is 7.02. The van der Waals surface area contributed by atoms with Gasteiger partial charge in [-0.05, 0) is 57.2 Å². The zero-order valence-electron chi connectivity index (χ0n) is 19.5. The number of nitrogens with two attached hydrogens (primary N) is 1. The van der Waals surface area contributed by atoms with Gasteiger partial charge in [-0.3, -0.25) is 19.2 Å². The number of aromatic nitrogens is 1. The molecule has 0 bridgehead atoms. The Morgan fingerprint density at radius 3 is 2.43 bits per heavy atom. The lowest BCUT2D eigenvalue weighted by Crippen LogP contribution is -2.53. The van der Waals surface area contributed by atoms with Crippen molar-refractivity contribution < 1.29 is 19.2 Å². The quantitative estimate of drug-likeness (QED) is 0.345. The van der Waals surface area contributed by atoms with Crippen LogP contribution in [0.15, 0.2) is 18.2 Å². The third-order valence-corrected chi connectivity index (χ3v) is 7.08. The highest BCUT2D eigenvalue weighted by molar-refractivity contribution is 6.38. The summed E-state index contributed by atoms with van der Waals surface area (Å²) in [6.07, 6.45) is 3.00. The first-order chi connectivity index (χ1) is 16.4. The maximum atomic E-state index is 13.2. The van der Waals surface area contributed by atoms with Crippen LogP contribution < -0.4 is 21.7 Å². The van der Waals surface area contributed by atoms with Crippen molar-refractivity contribution in [1.29, 1.82) is 0 Å². The second-order valence-corrected chi connectivity index (χ2v) is 11.1. The molecule has 1 aliphatic carbocycles. The highest BCUT2D eigenvalue weighted by Gasteiger charge is 2.40. The number of hydrogen-bond acceptors (Lipinski definition) is 4. The van der Waals surface area contributed by atoms with E-state index in [0.717, 1.165) is 12.8 Å². The Hall–Kier alpha value is -2.78. The largest absolute Gasteiger partial charge is 0.368 e. The molecule has 0 radical (unpaired) electrons. The Morgan fingerprint density at radius 2 is 1.83 bits per heavy atom. The Bertz CT molecular complexity index is 1190. The molecule has 35 heavy (non-hydrogen) atoms. The molecule has 1 aromatic heterocycles. The molecular formula is C24H29Cl2N5O4. The van der Waals surface area contributed by atoms with Crippen LogP contribution in [0.4, 0.5) is 0 Å². The summed E-state index contributed by atoms with van der Waals surface area (Å²) < 4.78 is 0. The van der Waals surface area contributed by atoms with E-state index in [4.69, 9.17) is 28.9 Å². The Balaban J connectivity index is 1.46. The van der Waals surface area contributed by atoms with E-state index in [-0.39, 0.29) is 23.6 Å². The third kappa shape index (κ3) is 6.08. The topological polar surface area (TPSA) is 146 Å². The van der Waals surface area contributed by atoms with E-state index in [0.29, 0.717) is 39.7 Å². The predicted molar refractivity (Wildman–Crippen MR) is 133 cm³/mol. The Labute approximate surface area is 212 Å². The van der Waals surface area contributed by atoms with Gasteiger partial charge in [-0.15, -0.1) is 0 Å². The van der Waals surface area contributed by atoms with E-state index in [1.165, 1.54) is 0 Å². The number of primary amides is 1. The molecule has 1 saturated heterocycles. The molecule has 3 atom stereocenters. The Morgan fingerprint density at radius 1 is 1.11 bits per heavy atom. The molecule has 1 aromatic carbocycles. The fraction of sp³-hybridized carbons (Fsp3) is 0.500. The van der Waals surface area contributed by atoms with E-state index in [1.807, 2.05) is 13.8 Å². The number of nitrogens with one attached hydrogen (secondary N) is 4. The van der Waals surface area contributed by atoms with Gasteiger partial charge < -0.3 is 26.7 Å². The number of hydrogen-bond donors (Lipinski definition) is 5. The summed E-state index contributed by atoms with van der Waals surface area (Å²) in [5.41, 5.74) is 5.99. The minimum absolute atomic E-state index is 0.0989. The third-order valence-electron chi connectivity index (χ3n) is 6.55. The van der Waals surface area contributed by atoms with Gasteiger partial charge in [0.15, 0.2) is 0 Å². The van der Waals surface area contributed by atoms with Crippen LogP contribution in [0.1, 0.15) is 56.4 Å². The predicted octanol–water partition coefficient (Wildman–Crippen LogP) is 2.65. The molecule has 2 heterocycles. The highest BCUT2D eigenvalue weighted by atomic mass is 35.5. The van der Waals surface area contributed by atoms with Gasteiger partial charge in [0.1, 0.15) is 17.8 Å². The molecule has 11 heteroatoms. The van der Waals surface area contributed by atoms with E-state index in [9.17, 15) is 19.2 Å². The van der Waals surface area contributed by atoms with Crippen LogP contribution in [0.25, 0.3) is 10.9 Å². The van der Waals surface area contributed by atoms with Gasteiger partial charge in [-0.1, -0.05) is 36.0 Å². The minimum Gasteiger partial charge on any atom is -0.368 e. The summed E-state index contributed by atoms with van der Waals surface area (Å²) in [4.78, 5) is 53.5. The zero-order chi connectivity index (χ0) is 25.5. The van der Waals surface area contributed by atoms with Gasteiger partial charge in [-0.2, -0.15) is 0 Å².